The highest BCUT2D eigenvalue weighted by Gasteiger charge is 2.19. The normalized spacial score (nSPS) is 11.6. The van der Waals surface area contributed by atoms with Crippen LogP contribution in [0, 0.1) is 17.1 Å². The fraction of sp³-hybridized carbons (Fsp3) is 0.263. The summed E-state index contributed by atoms with van der Waals surface area (Å²) < 4.78 is 14.0. The number of hydrogen-bond donors (Lipinski definition) is 1. The summed E-state index contributed by atoms with van der Waals surface area (Å²) in [6, 6.07) is 15.3. The van der Waals surface area contributed by atoms with Gasteiger partial charge in [0.1, 0.15) is 5.82 Å². The molecule has 0 aliphatic rings. The Kier molecular flexibility index (Phi) is 6.93. The van der Waals surface area contributed by atoms with E-state index in [1.165, 1.54) is 17.0 Å². The highest BCUT2D eigenvalue weighted by Crippen LogP contribution is 2.20. The molecule has 0 spiro atoms. The second kappa shape index (κ2) is 9.16. The van der Waals surface area contributed by atoms with Crippen LogP contribution in [0.3, 0.4) is 0 Å². The van der Waals surface area contributed by atoms with Gasteiger partial charge in [-0.3, -0.25) is 4.79 Å². The fourth-order valence-electron chi connectivity index (χ4n) is 2.42. The summed E-state index contributed by atoms with van der Waals surface area (Å²) in [5.41, 5.74) is 1.18. The van der Waals surface area contributed by atoms with Gasteiger partial charge in [-0.05, 0) is 36.8 Å². The molecule has 0 aliphatic heterocycles. The van der Waals surface area contributed by atoms with Gasteiger partial charge in [0.05, 0.1) is 24.7 Å². The maximum atomic E-state index is 14.0. The van der Waals surface area contributed by atoms with Gasteiger partial charge in [0.25, 0.3) is 0 Å². The van der Waals surface area contributed by atoms with Crippen molar-refractivity contribution in [3.8, 4) is 6.07 Å². The molecule has 0 bridgehead atoms. The van der Waals surface area contributed by atoms with Crippen molar-refractivity contribution in [1.82, 2.24) is 5.32 Å². The number of benzene rings is 2. The zero-order valence-electron chi connectivity index (χ0n) is 13.9. The number of anilines is 1. The molecule has 1 atom stereocenters. The number of rotatable bonds is 7. The molecule has 0 unspecified atom stereocenters. The van der Waals surface area contributed by atoms with Crippen molar-refractivity contribution in [2.45, 2.75) is 19.4 Å². The second-order valence-corrected chi connectivity index (χ2v) is 6.00. The minimum absolute atomic E-state index is 0.0313. The molecule has 2 rings (SSSR count). The molecular formula is C19H19ClFN3O. The number of nitriles is 1. The molecule has 0 saturated heterocycles. The van der Waals surface area contributed by atoms with Gasteiger partial charge >= 0.3 is 0 Å². The van der Waals surface area contributed by atoms with Crippen LogP contribution in [0.15, 0.2) is 48.5 Å². The van der Waals surface area contributed by atoms with Crippen LogP contribution in [0.25, 0.3) is 0 Å². The van der Waals surface area contributed by atoms with E-state index in [0.29, 0.717) is 5.02 Å². The molecule has 1 amide bonds. The van der Waals surface area contributed by atoms with E-state index < -0.39 is 5.82 Å². The van der Waals surface area contributed by atoms with Crippen LogP contribution in [0.1, 0.15) is 24.9 Å². The van der Waals surface area contributed by atoms with Crippen LogP contribution in [-0.2, 0) is 4.79 Å². The first-order valence-corrected chi connectivity index (χ1v) is 8.31. The van der Waals surface area contributed by atoms with Crippen molar-refractivity contribution in [3.63, 3.8) is 0 Å². The van der Waals surface area contributed by atoms with Crippen molar-refractivity contribution >= 4 is 23.2 Å². The maximum absolute atomic E-state index is 14.0. The van der Waals surface area contributed by atoms with E-state index in [2.05, 4.69) is 5.32 Å². The summed E-state index contributed by atoms with van der Waals surface area (Å²) in [6.07, 6.45) is 0.132. The van der Waals surface area contributed by atoms with E-state index in [4.69, 9.17) is 16.9 Å². The van der Waals surface area contributed by atoms with Gasteiger partial charge in [0.15, 0.2) is 0 Å². The average Bonchev–Trinajstić information content (AvgIpc) is 2.62. The number of amides is 1. The minimum Gasteiger partial charge on any atom is -0.308 e. The van der Waals surface area contributed by atoms with Crippen molar-refractivity contribution in [2.24, 2.45) is 0 Å². The quantitative estimate of drug-likeness (QED) is 0.810. The lowest BCUT2D eigenvalue weighted by Gasteiger charge is -2.23. The third-order valence-electron chi connectivity index (χ3n) is 3.82. The van der Waals surface area contributed by atoms with Crippen LogP contribution < -0.4 is 10.2 Å². The molecule has 0 aliphatic carbocycles. The van der Waals surface area contributed by atoms with Gasteiger partial charge < -0.3 is 10.2 Å². The number of carbonyl (C=O) groups excluding carboxylic acids is 1. The summed E-state index contributed by atoms with van der Waals surface area (Å²) in [4.78, 5) is 13.9. The van der Waals surface area contributed by atoms with Crippen molar-refractivity contribution in [1.29, 1.82) is 5.26 Å². The van der Waals surface area contributed by atoms with Gasteiger partial charge in [0, 0.05) is 17.6 Å². The lowest BCUT2D eigenvalue weighted by molar-refractivity contribution is -0.117. The molecule has 6 heteroatoms. The SMILES string of the molecule is C[C@H](NCC(=O)N(CCC#N)c1ccccc1F)c1ccc(Cl)cc1. The van der Waals surface area contributed by atoms with E-state index in [-0.39, 0.29) is 37.1 Å². The van der Waals surface area contributed by atoms with Crippen molar-refractivity contribution < 1.29 is 9.18 Å². The molecule has 0 aromatic heterocycles. The molecule has 0 fully saturated rings. The van der Waals surface area contributed by atoms with E-state index in [9.17, 15) is 9.18 Å². The first kappa shape index (κ1) is 18.9. The molecule has 4 nitrogen and oxygen atoms in total. The van der Waals surface area contributed by atoms with Gasteiger partial charge in [-0.15, -0.1) is 0 Å². The van der Waals surface area contributed by atoms with Crippen molar-refractivity contribution in [2.75, 3.05) is 18.0 Å². The monoisotopic (exact) mass is 359 g/mol. The Morgan fingerprint density at radius 1 is 1.28 bits per heavy atom. The van der Waals surface area contributed by atoms with Gasteiger partial charge in [-0.25, -0.2) is 4.39 Å². The zero-order chi connectivity index (χ0) is 18.2. The first-order chi connectivity index (χ1) is 12.0. The number of carbonyl (C=O) groups is 1. The van der Waals surface area contributed by atoms with Gasteiger partial charge in [-0.1, -0.05) is 35.9 Å². The summed E-state index contributed by atoms with van der Waals surface area (Å²) in [5, 5.41) is 12.6. The zero-order valence-corrected chi connectivity index (χ0v) is 14.6. The highest BCUT2D eigenvalue weighted by molar-refractivity contribution is 6.30. The smallest absolute Gasteiger partial charge is 0.241 e. The fourth-order valence-corrected chi connectivity index (χ4v) is 2.54. The Bertz CT molecular complexity index is 758. The lowest BCUT2D eigenvalue weighted by atomic mass is 10.1. The Morgan fingerprint density at radius 2 is 1.96 bits per heavy atom. The standard InChI is InChI=1S/C19H19ClFN3O/c1-14(15-7-9-16(20)10-8-15)23-13-19(25)24(12-4-11-22)18-6-3-2-5-17(18)21/h2-3,5-10,14,23H,4,12-13H2,1H3/t14-/m0/s1. The van der Waals surface area contributed by atoms with Crippen LogP contribution >= 0.6 is 11.6 Å². The van der Waals surface area contributed by atoms with Crippen LogP contribution in [0.4, 0.5) is 10.1 Å². The molecule has 130 valence electrons. The third-order valence-corrected chi connectivity index (χ3v) is 4.07. The molecule has 2 aromatic carbocycles. The van der Waals surface area contributed by atoms with Gasteiger partial charge in [-0.2, -0.15) is 5.26 Å². The highest BCUT2D eigenvalue weighted by atomic mass is 35.5. The summed E-state index contributed by atoms with van der Waals surface area (Å²) in [6.45, 7) is 2.11. The minimum atomic E-state index is -0.487. The Morgan fingerprint density at radius 3 is 2.60 bits per heavy atom. The molecule has 1 N–H and O–H groups in total. The molecule has 0 heterocycles. The molecule has 0 saturated carbocycles. The van der Waals surface area contributed by atoms with Gasteiger partial charge in [0.2, 0.25) is 5.91 Å². The molecule has 2 aromatic rings. The van der Waals surface area contributed by atoms with E-state index >= 15 is 0 Å². The van der Waals surface area contributed by atoms with E-state index in [1.54, 1.807) is 24.3 Å². The number of nitrogens with zero attached hydrogens (tertiary/aromatic N) is 2. The molecular weight excluding hydrogens is 341 g/mol. The molecule has 0 radical (unpaired) electrons. The second-order valence-electron chi connectivity index (χ2n) is 5.56. The topological polar surface area (TPSA) is 56.1 Å². The number of nitrogens with one attached hydrogen (secondary N) is 1. The number of para-hydroxylation sites is 1. The summed E-state index contributed by atoms with van der Waals surface area (Å²) in [5.74, 6) is -0.777. The predicted molar refractivity (Wildman–Crippen MR) is 96.9 cm³/mol. The van der Waals surface area contributed by atoms with E-state index in [1.807, 2.05) is 25.1 Å². The summed E-state index contributed by atoms with van der Waals surface area (Å²) >= 11 is 5.87. The maximum Gasteiger partial charge on any atom is 0.241 e. The largest absolute Gasteiger partial charge is 0.308 e. The predicted octanol–water partition coefficient (Wildman–Crippen LogP) is 4.08. The third kappa shape index (κ3) is 5.28. The first-order valence-electron chi connectivity index (χ1n) is 7.93. The van der Waals surface area contributed by atoms with Crippen molar-refractivity contribution in [3.05, 3.63) is 64.9 Å². The van der Waals surface area contributed by atoms with Crippen LogP contribution in [0.2, 0.25) is 5.02 Å². The van der Waals surface area contributed by atoms with E-state index in [0.717, 1.165) is 5.56 Å². The Labute approximate surface area is 151 Å². The number of halogens is 2. The summed E-state index contributed by atoms with van der Waals surface area (Å²) in [7, 11) is 0. The van der Waals surface area contributed by atoms with Crippen LogP contribution in [0.5, 0.6) is 0 Å². The van der Waals surface area contributed by atoms with Crippen LogP contribution in [-0.4, -0.2) is 19.0 Å². The lowest BCUT2D eigenvalue weighted by Crippen LogP contribution is -2.40. The Hall–Kier alpha value is -2.42. The Balaban J connectivity index is 2.05. The molecule has 25 heavy (non-hydrogen) atoms. The average molecular weight is 360 g/mol. The number of hydrogen-bond acceptors (Lipinski definition) is 3.